The van der Waals surface area contributed by atoms with Crippen molar-refractivity contribution in [3.05, 3.63) is 28.8 Å². The number of likely N-dealkylation sites (N-methyl/N-ethyl adjacent to an activating group) is 1. The van der Waals surface area contributed by atoms with Gasteiger partial charge in [-0.15, -0.1) is 0 Å². The summed E-state index contributed by atoms with van der Waals surface area (Å²) in [7, 11) is 2.10. The summed E-state index contributed by atoms with van der Waals surface area (Å²) >= 11 is 5.95. The molecule has 0 aromatic heterocycles. The minimum atomic E-state index is 0.476. The van der Waals surface area contributed by atoms with E-state index in [1.165, 1.54) is 11.3 Å². The van der Waals surface area contributed by atoms with Crippen LogP contribution < -0.4 is 10.6 Å². The van der Waals surface area contributed by atoms with E-state index in [0.29, 0.717) is 6.04 Å². The summed E-state index contributed by atoms with van der Waals surface area (Å²) in [5, 5.41) is 0.823. The van der Waals surface area contributed by atoms with Gasteiger partial charge in [-0.05, 0) is 36.6 Å². The predicted molar refractivity (Wildman–Crippen MR) is 61.0 cm³/mol. The van der Waals surface area contributed by atoms with Crippen LogP contribution >= 0.6 is 11.6 Å². The summed E-state index contributed by atoms with van der Waals surface area (Å²) in [6.45, 7) is 0.721. The summed E-state index contributed by atoms with van der Waals surface area (Å²) < 4.78 is 0. The topological polar surface area (TPSA) is 29.3 Å². The average molecular weight is 211 g/mol. The van der Waals surface area contributed by atoms with E-state index < -0.39 is 0 Å². The Morgan fingerprint density at radius 3 is 3.07 bits per heavy atom. The Morgan fingerprint density at radius 1 is 1.57 bits per heavy atom. The molecule has 0 radical (unpaired) electrons. The molecule has 0 aliphatic carbocycles. The third kappa shape index (κ3) is 1.60. The summed E-state index contributed by atoms with van der Waals surface area (Å²) in [6.07, 6.45) is 2.21. The fourth-order valence-electron chi connectivity index (χ4n) is 2.09. The SMILES string of the molecule is CN1c2ccc(Cl)cc2CCC1CN. The number of hydrogen-bond acceptors (Lipinski definition) is 2. The van der Waals surface area contributed by atoms with Gasteiger partial charge in [0.25, 0.3) is 0 Å². The van der Waals surface area contributed by atoms with Gasteiger partial charge in [0.05, 0.1) is 0 Å². The van der Waals surface area contributed by atoms with Gasteiger partial charge >= 0.3 is 0 Å². The molecule has 0 spiro atoms. The van der Waals surface area contributed by atoms with Crippen molar-refractivity contribution in [2.24, 2.45) is 5.73 Å². The summed E-state index contributed by atoms with van der Waals surface area (Å²) in [5.41, 5.74) is 8.32. The van der Waals surface area contributed by atoms with Crippen molar-refractivity contribution >= 4 is 17.3 Å². The van der Waals surface area contributed by atoms with Crippen molar-refractivity contribution in [1.29, 1.82) is 0 Å². The second-order valence-corrected chi connectivity index (χ2v) is 4.25. The minimum absolute atomic E-state index is 0.476. The van der Waals surface area contributed by atoms with Crippen LogP contribution in [0, 0.1) is 0 Å². The Morgan fingerprint density at radius 2 is 2.36 bits per heavy atom. The largest absolute Gasteiger partial charge is 0.370 e. The van der Waals surface area contributed by atoms with Gasteiger partial charge in [-0.2, -0.15) is 0 Å². The van der Waals surface area contributed by atoms with E-state index in [4.69, 9.17) is 17.3 Å². The molecule has 0 fully saturated rings. The van der Waals surface area contributed by atoms with E-state index in [1.54, 1.807) is 0 Å². The first kappa shape index (κ1) is 9.81. The standard InChI is InChI=1S/C11H15ClN2/c1-14-10(7-13)4-2-8-6-9(12)3-5-11(8)14/h3,5-6,10H,2,4,7,13H2,1H3. The van der Waals surface area contributed by atoms with Gasteiger partial charge in [0.2, 0.25) is 0 Å². The van der Waals surface area contributed by atoms with E-state index in [2.05, 4.69) is 24.1 Å². The molecule has 3 heteroatoms. The monoisotopic (exact) mass is 210 g/mol. The molecule has 1 aliphatic heterocycles. The number of anilines is 1. The maximum atomic E-state index is 5.95. The number of nitrogens with zero attached hydrogens (tertiary/aromatic N) is 1. The molecule has 0 saturated carbocycles. The fourth-order valence-corrected chi connectivity index (χ4v) is 2.28. The van der Waals surface area contributed by atoms with Gasteiger partial charge in [-0.3, -0.25) is 0 Å². The van der Waals surface area contributed by atoms with E-state index in [-0.39, 0.29) is 0 Å². The zero-order valence-electron chi connectivity index (χ0n) is 8.33. The zero-order chi connectivity index (χ0) is 10.1. The first-order valence-corrected chi connectivity index (χ1v) is 5.31. The van der Waals surface area contributed by atoms with Crippen LogP contribution in [0.15, 0.2) is 18.2 Å². The molecule has 2 nitrogen and oxygen atoms in total. The second kappa shape index (κ2) is 3.79. The van der Waals surface area contributed by atoms with Crippen LogP contribution in [-0.4, -0.2) is 19.6 Å². The molecule has 1 aliphatic rings. The number of rotatable bonds is 1. The van der Waals surface area contributed by atoms with Crippen molar-refractivity contribution in [3.63, 3.8) is 0 Å². The third-order valence-electron chi connectivity index (χ3n) is 2.99. The number of hydrogen-bond donors (Lipinski definition) is 1. The molecular weight excluding hydrogens is 196 g/mol. The molecule has 1 heterocycles. The highest BCUT2D eigenvalue weighted by Crippen LogP contribution is 2.30. The maximum absolute atomic E-state index is 5.95. The van der Waals surface area contributed by atoms with Gasteiger partial charge in [-0.1, -0.05) is 11.6 Å². The Kier molecular flexibility index (Phi) is 2.66. The summed E-state index contributed by atoms with van der Waals surface area (Å²) in [5.74, 6) is 0. The van der Waals surface area contributed by atoms with Gasteiger partial charge in [0.15, 0.2) is 0 Å². The number of aryl methyl sites for hydroxylation is 1. The van der Waals surface area contributed by atoms with Crippen molar-refractivity contribution in [1.82, 2.24) is 0 Å². The maximum Gasteiger partial charge on any atom is 0.0412 e. The van der Waals surface area contributed by atoms with E-state index in [9.17, 15) is 0 Å². The van der Waals surface area contributed by atoms with Crippen LogP contribution in [0.25, 0.3) is 0 Å². The summed E-state index contributed by atoms with van der Waals surface area (Å²) in [4.78, 5) is 2.26. The Hall–Kier alpha value is -0.730. The van der Waals surface area contributed by atoms with Crippen molar-refractivity contribution in [2.45, 2.75) is 18.9 Å². The van der Waals surface area contributed by atoms with Gasteiger partial charge in [-0.25, -0.2) is 0 Å². The van der Waals surface area contributed by atoms with Crippen LogP contribution in [0.5, 0.6) is 0 Å². The Balaban J connectivity index is 2.36. The predicted octanol–water partition coefficient (Wildman–Crippen LogP) is 2.05. The van der Waals surface area contributed by atoms with Crippen molar-refractivity contribution < 1.29 is 0 Å². The first-order valence-electron chi connectivity index (χ1n) is 4.93. The molecule has 0 bridgehead atoms. The molecule has 1 aromatic carbocycles. The lowest BCUT2D eigenvalue weighted by Gasteiger charge is -2.35. The van der Waals surface area contributed by atoms with Crippen molar-refractivity contribution in [2.75, 3.05) is 18.5 Å². The highest BCUT2D eigenvalue weighted by Gasteiger charge is 2.21. The van der Waals surface area contributed by atoms with E-state index >= 15 is 0 Å². The normalized spacial score (nSPS) is 20.8. The highest BCUT2D eigenvalue weighted by atomic mass is 35.5. The lowest BCUT2D eigenvalue weighted by Crippen LogP contribution is -2.41. The van der Waals surface area contributed by atoms with Crippen LogP contribution in [0.2, 0.25) is 5.02 Å². The average Bonchev–Trinajstić information content (AvgIpc) is 2.18. The summed E-state index contributed by atoms with van der Waals surface area (Å²) in [6, 6.07) is 6.55. The molecule has 0 amide bonds. The molecular formula is C11H15ClN2. The van der Waals surface area contributed by atoms with Gasteiger partial charge < -0.3 is 10.6 Å². The molecule has 2 rings (SSSR count). The number of halogens is 1. The molecule has 1 aromatic rings. The van der Waals surface area contributed by atoms with Crippen molar-refractivity contribution in [3.8, 4) is 0 Å². The number of fused-ring (bicyclic) bond motifs is 1. The first-order chi connectivity index (χ1) is 6.72. The molecule has 76 valence electrons. The highest BCUT2D eigenvalue weighted by molar-refractivity contribution is 6.30. The third-order valence-corrected chi connectivity index (χ3v) is 3.22. The molecule has 0 saturated heterocycles. The van der Waals surface area contributed by atoms with Gasteiger partial charge in [0, 0.05) is 30.3 Å². The van der Waals surface area contributed by atoms with Gasteiger partial charge in [0.1, 0.15) is 0 Å². The number of benzene rings is 1. The minimum Gasteiger partial charge on any atom is -0.370 e. The number of nitrogens with two attached hydrogens (primary N) is 1. The lowest BCUT2D eigenvalue weighted by molar-refractivity contribution is 0.565. The quantitative estimate of drug-likeness (QED) is 0.769. The Bertz CT molecular complexity index is 338. The van der Waals surface area contributed by atoms with Crippen LogP contribution in [-0.2, 0) is 6.42 Å². The second-order valence-electron chi connectivity index (χ2n) is 3.81. The molecule has 2 N–H and O–H groups in total. The van der Waals surface area contributed by atoms with Crippen LogP contribution in [0.1, 0.15) is 12.0 Å². The molecule has 14 heavy (non-hydrogen) atoms. The van der Waals surface area contributed by atoms with E-state index in [0.717, 1.165) is 24.4 Å². The fraction of sp³-hybridized carbons (Fsp3) is 0.455. The molecule has 1 unspecified atom stereocenters. The van der Waals surface area contributed by atoms with Crippen LogP contribution in [0.3, 0.4) is 0 Å². The molecule has 1 atom stereocenters. The van der Waals surface area contributed by atoms with Crippen LogP contribution in [0.4, 0.5) is 5.69 Å². The zero-order valence-corrected chi connectivity index (χ0v) is 9.09. The lowest BCUT2D eigenvalue weighted by atomic mass is 9.96. The Labute approximate surface area is 89.7 Å². The smallest absolute Gasteiger partial charge is 0.0412 e. The van der Waals surface area contributed by atoms with E-state index in [1.807, 2.05) is 6.07 Å².